The lowest BCUT2D eigenvalue weighted by Gasteiger charge is -2.12. The van der Waals surface area contributed by atoms with Crippen LogP contribution in [0.15, 0.2) is 18.2 Å². The topological polar surface area (TPSA) is 41.1 Å². The fourth-order valence-corrected chi connectivity index (χ4v) is 2.60. The van der Waals surface area contributed by atoms with Gasteiger partial charge in [0.1, 0.15) is 0 Å². The third-order valence-electron chi connectivity index (χ3n) is 2.68. The van der Waals surface area contributed by atoms with Crippen molar-refractivity contribution >= 4 is 35.8 Å². The molecular formula is C12H17ClN2OS. The van der Waals surface area contributed by atoms with Crippen molar-refractivity contribution in [2.45, 2.75) is 19.9 Å². The van der Waals surface area contributed by atoms with E-state index in [1.54, 1.807) is 11.8 Å². The maximum Gasteiger partial charge on any atom is 0.242 e. The summed E-state index contributed by atoms with van der Waals surface area (Å²) in [6.07, 6.45) is 0. The number of nitrogens with one attached hydrogen (secondary N) is 2. The minimum absolute atomic E-state index is 0. The fourth-order valence-electron chi connectivity index (χ4n) is 1.65. The van der Waals surface area contributed by atoms with Gasteiger partial charge in [0, 0.05) is 17.3 Å². The number of halogens is 1. The van der Waals surface area contributed by atoms with Gasteiger partial charge in [-0.25, -0.2) is 0 Å². The van der Waals surface area contributed by atoms with Gasteiger partial charge in [0.25, 0.3) is 0 Å². The molecule has 0 aliphatic carbocycles. The zero-order chi connectivity index (χ0) is 11.5. The number of hydrogen-bond acceptors (Lipinski definition) is 3. The summed E-state index contributed by atoms with van der Waals surface area (Å²) in [5.41, 5.74) is 3.18. The van der Waals surface area contributed by atoms with Crippen LogP contribution in [0.3, 0.4) is 0 Å². The molecule has 1 aliphatic rings. The highest BCUT2D eigenvalue weighted by Crippen LogP contribution is 2.18. The molecule has 0 aromatic heterocycles. The Hall–Kier alpha value is -0.710. The van der Waals surface area contributed by atoms with E-state index in [0.29, 0.717) is 0 Å². The van der Waals surface area contributed by atoms with E-state index >= 15 is 0 Å². The van der Waals surface area contributed by atoms with Gasteiger partial charge in [0.15, 0.2) is 0 Å². The monoisotopic (exact) mass is 272 g/mol. The van der Waals surface area contributed by atoms with Gasteiger partial charge in [-0.1, -0.05) is 12.1 Å². The van der Waals surface area contributed by atoms with Crippen molar-refractivity contribution in [2.24, 2.45) is 0 Å². The predicted octanol–water partition coefficient (Wildman–Crippen LogP) is 2.33. The third-order valence-corrected chi connectivity index (χ3v) is 3.62. The number of benzene rings is 1. The maximum absolute atomic E-state index is 11.9. The average molecular weight is 273 g/mol. The molecule has 1 aromatic rings. The second-order valence-electron chi connectivity index (χ2n) is 4.08. The van der Waals surface area contributed by atoms with Gasteiger partial charge in [-0.05, 0) is 31.0 Å². The maximum atomic E-state index is 11.9. The molecule has 1 unspecified atom stereocenters. The van der Waals surface area contributed by atoms with Gasteiger partial charge in [0.2, 0.25) is 5.91 Å². The molecule has 1 saturated heterocycles. The number of amides is 1. The highest BCUT2D eigenvalue weighted by atomic mass is 35.5. The molecule has 1 amide bonds. The van der Waals surface area contributed by atoms with Gasteiger partial charge >= 0.3 is 0 Å². The standard InChI is InChI=1S/C12H16N2OS.ClH/c1-8-3-4-9(2)10(5-8)14-12(15)11-6-16-7-13-11;/h3-5,11,13H,6-7H2,1-2H3,(H,14,15);1H. The molecule has 17 heavy (non-hydrogen) atoms. The molecule has 1 aliphatic heterocycles. The van der Waals surface area contributed by atoms with Crippen molar-refractivity contribution < 1.29 is 4.79 Å². The minimum atomic E-state index is -0.0510. The molecule has 1 atom stereocenters. The molecule has 0 bridgehead atoms. The van der Waals surface area contributed by atoms with Crippen LogP contribution in [0.4, 0.5) is 5.69 Å². The number of hydrogen-bond donors (Lipinski definition) is 2. The van der Waals surface area contributed by atoms with Gasteiger partial charge in [-0.2, -0.15) is 0 Å². The van der Waals surface area contributed by atoms with E-state index in [9.17, 15) is 4.79 Å². The first-order valence-corrected chi connectivity index (χ1v) is 6.51. The first kappa shape index (κ1) is 14.4. The Kier molecular flexibility index (Phi) is 5.31. The van der Waals surface area contributed by atoms with Crippen molar-refractivity contribution in [3.63, 3.8) is 0 Å². The van der Waals surface area contributed by atoms with E-state index in [1.165, 1.54) is 0 Å². The number of thioether (sulfide) groups is 1. The molecule has 0 spiro atoms. The Morgan fingerprint density at radius 3 is 2.88 bits per heavy atom. The number of carbonyl (C=O) groups is 1. The van der Waals surface area contributed by atoms with E-state index in [4.69, 9.17) is 0 Å². The second kappa shape index (κ2) is 6.28. The molecule has 5 heteroatoms. The van der Waals surface area contributed by atoms with E-state index in [2.05, 4.69) is 16.7 Å². The SMILES string of the molecule is Cc1ccc(C)c(NC(=O)C2CSCN2)c1.Cl. The zero-order valence-corrected chi connectivity index (χ0v) is 11.6. The number of anilines is 1. The van der Waals surface area contributed by atoms with Crippen LogP contribution in [-0.2, 0) is 4.79 Å². The van der Waals surface area contributed by atoms with Crippen LogP contribution in [0.2, 0.25) is 0 Å². The molecule has 2 rings (SSSR count). The number of aryl methyl sites for hydroxylation is 2. The summed E-state index contributed by atoms with van der Waals surface area (Å²) in [5.74, 6) is 1.79. The highest BCUT2D eigenvalue weighted by Gasteiger charge is 2.22. The normalized spacial score (nSPS) is 18.6. The van der Waals surface area contributed by atoms with Crippen molar-refractivity contribution in [3.05, 3.63) is 29.3 Å². The molecule has 0 radical (unpaired) electrons. The summed E-state index contributed by atoms with van der Waals surface area (Å²) in [6.45, 7) is 4.03. The Bertz CT molecular complexity index is 405. The number of carbonyl (C=O) groups excluding carboxylic acids is 1. The van der Waals surface area contributed by atoms with Crippen molar-refractivity contribution in [1.29, 1.82) is 0 Å². The largest absolute Gasteiger partial charge is 0.324 e. The molecule has 1 fully saturated rings. The smallest absolute Gasteiger partial charge is 0.242 e. The minimum Gasteiger partial charge on any atom is -0.324 e. The van der Waals surface area contributed by atoms with E-state index < -0.39 is 0 Å². The van der Waals surface area contributed by atoms with Crippen molar-refractivity contribution in [2.75, 3.05) is 16.9 Å². The summed E-state index contributed by atoms with van der Waals surface area (Å²) in [6, 6.07) is 6.04. The predicted molar refractivity (Wildman–Crippen MR) is 76.0 cm³/mol. The van der Waals surface area contributed by atoms with E-state index in [-0.39, 0.29) is 24.4 Å². The first-order chi connectivity index (χ1) is 7.66. The molecule has 0 saturated carbocycles. The third kappa shape index (κ3) is 3.63. The lowest BCUT2D eigenvalue weighted by molar-refractivity contribution is -0.117. The van der Waals surface area contributed by atoms with E-state index in [0.717, 1.165) is 28.4 Å². The highest BCUT2D eigenvalue weighted by molar-refractivity contribution is 7.99. The van der Waals surface area contributed by atoms with E-state index in [1.807, 2.05) is 26.0 Å². The molecular weight excluding hydrogens is 256 g/mol. The van der Waals surface area contributed by atoms with Crippen LogP contribution >= 0.6 is 24.2 Å². The van der Waals surface area contributed by atoms with Gasteiger partial charge in [-0.3, -0.25) is 10.1 Å². The average Bonchev–Trinajstić information content (AvgIpc) is 2.76. The first-order valence-electron chi connectivity index (χ1n) is 5.36. The molecule has 94 valence electrons. The summed E-state index contributed by atoms with van der Waals surface area (Å²) in [5, 5.41) is 6.14. The zero-order valence-electron chi connectivity index (χ0n) is 9.95. The van der Waals surface area contributed by atoms with Gasteiger partial charge in [-0.15, -0.1) is 24.2 Å². The number of rotatable bonds is 2. The van der Waals surface area contributed by atoms with Crippen LogP contribution in [0.1, 0.15) is 11.1 Å². The van der Waals surface area contributed by atoms with Crippen LogP contribution in [0.5, 0.6) is 0 Å². The Morgan fingerprint density at radius 1 is 1.47 bits per heavy atom. The molecule has 1 heterocycles. The van der Waals surface area contributed by atoms with Gasteiger partial charge < -0.3 is 5.32 Å². The van der Waals surface area contributed by atoms with Crippen LogP contribution in [-0.4, -0.2) is 23.6 Å². The molecule has 1 aromatic carbocycles. The lowest BCUT2D eigenvalue weighted by atomic mass is 10.1. The van der Waals surface area contributed by atoms with Crippen molar-refractivity contribution in [1.82, 2.24) is 5.32 Å². The molecule has 2 N–H and O–H groups in total. The second-order valence-corrected chi connectivity index (χ2v) is 5.11. The molecule has 3 nitrogen and oxygen atoms in total. The Labute approximate surface area is 112 Å². The quantitative estimate of drug-likeness (QED) is 0.868. The lowest BCUT2D eigenvalue weighted by Crippen LogP contribution is -2.37. The van der Waals surface area contributed by atoms with Crippen LogP contribution in [0.25, 0.3) is 0 Å². The summed E-state index contributed by atoms with van der Waals surface area (Å²) >= 11 is 1.76. The van der Waals surface area contributed by atoms with Crippen LogP contribution in [0, 0.1) is 13.8 Å². The Morgan fingerprint density at radius 2 is 2.24 bits per heavy atom. The fraction of sp³-hybridized carbons (Fsp3) is 0.417. The Balaban J connectivity index is 0.00000144. The summed E-state index contributed by atoms with van der Waals surface area (Å²) in [4.78, 5) is 11.9. The summed E-state index contributed by atoms with van der Waals surface area (Å²) < 4.78 is 0. The van der Waals surface area contributed by atoms with Crippen molar-refractivity contribution in [3.8, 4) is 0 Å². The van der Waals surface area contributed by atoms with Crippen LogP contribution < -0.4 is 10.6 Å². The van der Waals surface area contributed by atoms with Gasteiger partial charge in [0.05, 0.1) is 6.04 Å². The summed E-state index contributed by atoms with van der Waals surface area (Å²) in [7, 11) is 0.